The summed E-state index contributed by atoms with van der Waals surface area (Å²) >= 11 is 0. The Kier molecular flexibility index (Phi) is 7.89. The molecule has 3 rings (SSSR count). The predicted molar refractivity (Wildman–Crippen MR) is 138 cm³/mol. The van der Waals surface area contributed by atoms with Crippen LogP contribution in [0.25, 0.3) is 10.8 Å². The van der Waals surface area contributed by atoms with E-state index in [1.165, 1.54) is 36.7 Å². The quantitative estimate of drug-likeness (QED) is 0.353. The minimum Gasteiger partial charge on any atom is -0.493 e. The highest BCUT2D eigenvalue weighted by molar-refractivity contribution is 6.90. The molecule has 0 N–H and O–H groups in total. The zero-order valence-electron chi connectivity index (χ0n) is 20.7. The van der Waals surface area contributed by atoms with Crippen molar-refractivity contribution >= 4 is 18.8 Å². The molecular weight excluding hydrogens is 394 g/mol. The van der Waals surface area contributed by atoms with Gasteiger partial charge in [-0.05, 0) is 90.6 Å². The lowest BCUT2D eigenvalue weighted by molar-refractivity contribution is 0.160. The van der Waals surface area contributed by atoms with Crippen LogP contribution >= 0.6 is 0 Å². The molecule has 0 spiro atoms. The zero-order chi connectivity index (χ0) is 22.6. The van der Waals surface area contributed by atoms with Crippen molar-refractivity contribution in [3.05, 3.63) is 42.0 Å². The van der Waals surface area contributed by atoms with Crippen molar-refractivity contribution in [1.29, 1.82) is 0 Å². The van der Waals surface area contributed by atoms with E-state index in [1.807, 2.05) is 0 Å². The first-order valence-corrected chi connectivity index (χ1v) is 14.3. The highest BCUT2D eigenvalue weighted by Crippen LogP contribution is 2.40. The Hall–Kier alpha value is -1.76. The van der Waals surface area contributed by atoms with Crippen LogP contribution in [-0.2, 0) is 0 Å². The first kappa shape index (κ1) is 23.9. The summed E-state index contributed by atoms with van der Waals surface area (Å²) in [6.07, 6.45) is 2.47. The second-order valence-electron chi connectivity index (χ2n) is 10.4. The Balaban J connectivity index is 1.75. The van der Waals surface area contributed by atoms with Gasteiger partial charge in [-0.15, -0.1) is 5.54 Å². The molecule has 0 atom stereocenters. The van der Waals surface area contributed by atoms with Gasteiger partial charge >= 0.3 is 0 Å². The van der Waals surface area contributed by atoms with Gasteiger partial charge in [0.15, 0.2) is 0 Å². The normalized spacial score (nSPS) is 16.2. The van der Waals surface area contributed by atoms with Crippen molar-refractivity contribution in [2.75, 3.05) is 26.7 Å². The first-order chi connectivity index (χ1) is 14.7. The fraction of sp³-hybridized carbons (Fsp3) is 0.571. The summed E-state index contributed by atoms with van der Waals surface area (Å²) in [5.74, 6) is 5.24. The lowest BCUT2D eigenvalue weighted by atomic mass is 9.98. The molecule has 2 aromatic rings. The maximum Gasteiger partial charge on any atom is 0.146 e. The highest BCUT2D eigenvalue weighted by atomic mass is 28.3. The molecule has 0 radical (unpaired) electrons. The molecule has 1 saturated heterocycles. The molecule has 0 unspecified atom stereocenters. The fourth-order valence-electron chi connectivity index (χ4n) is 5.45. The van der Waals surface area contributed by atoms with Crippen LogP contribution in [0, 0.1) is 17.4 Å². The Bertz CT molecular complexity index is 907. The topological polar surface area (TPSA) is 12.5 Å². The van der Waals surface area contributed by atoms with Gasteiger partial charge in [0.05, 0.1) is 6.61 Å². The summed E-state index contributed by atoms with van der Waals surface area (Å²) < 4.78 is 6.15. The van der Waals surface area contributed by atoms with E-state index in [2.05, 4.69) is 101 Å². The minimum atomic E-state index is -1.70. The van der Waals surface area contributed by atoms with E-state index in [9.17, 15) is 0 Å². The number of hydrogen-bond acceptors (Lipinski definition) is 2. The predicted octanol–water partition coefficient (Wildman–Crippen LogP) is 7.13. The van der Waals surface area contributed by atoms with Crippen LogP contribution in [0.3, 0.4) is 0 Å². The summed E-state index contributed by atoms with van der Waals surface area (Å²) in [6, 6.07) is 13.1. The SMILES string of the molecule is CC(C)[Si](C#Cc1ccc2cc(OCC3CCN(C)CC3)ccc2c1)(C(C)C)C(C)C. The smallest absolute Gasteiger partial charge is 0.146 e. The molecule has 0 saturated carbocycles. The van der Waals surface area contributed by atoms with Crippen LogP contribution in [-0.4, -0.2) is 39.7 Å². The van der Waals surface area contributed by atoms with Crippen LogP contribution in [0.4, 0.5) is 0 Å². The summed E-state index contributed by atoms with van der Waals surface area (Å²) in [5, 5.41) is 2.47. The Morgan fingerprint density at radius 2 is 1.48 bits per heavy atom. The molecule has 0 bridgehead atoms. The average molecular weight is 436 g/mol. The average Bonchev–Trinajstić information content (AvgIpc) is 2.73. The van der Waals surface area contributed by atoms with Gasteiger partial charge in [-0.3, -0.25) is 0 Å². The van der Waals surface area contributed by atoms with Gasteiger partial charge in [0.1, 0.15) is 13.8 Å². The molecule has 2 aromatic carbocycles. The van der Waals surface area contributed by atoms with Gasteiger partial charge in [0, 0.05) is 5.56 Å². The third-order valence-corrected chi connectivity index (χ3v) is 13.7. The lowest BCUT2D eigenvalue weighted by Gasteiger charge is -2.38. The summed E-state index contributed by atoms with van der Waals surface area (Å²) in [7, 11) is 0.501. The maximum absolute atomic E-state index is 6.15. The van der Waals surface area contributed by atoms with E-state index in [0.29, 0.717) is 22.5 Å². The van der Waals surface area contributed by atoms with Crippen LogP contribution < -0.4 is 4.74 Å². The highest BCUT2D eigenvalue weighted by Gasteiger charge is 2.41. The van der Waals surface area contributed by atoms with Gasteiger partial charge in [-0.1, -0.05) is 59.6 Å². The van der Waals surface area contributed by atoms with E-state index in [0.717, 1.165) is 17.9 Å². The van der Waals surface area contributed by atoms with Crippen molar-refractivity contribution in [1.82, 2.24) is 4.90 Å². The van der Waals surface area contributed by atoms with Crippen LogP contribution in [0.1, 0.15) is 59.9 Å². The molecule has 2 nitrogen and oxygen atoms in total. The fourth-order valence-corrected chi connectivity index (χ4v) is 10.7. The van der Waals surface area contributed by atoms with Gasteiger partial charge < -0.3 is 9.64 Å². The van der Waals surface area contributed by atoms with Crippen LogP contribution in [0.5, 0.6) is 5.75 Å². The zero-order valence-corrected chi connectivity index (χ0v) is 21.7. The molecule has 1 aliphatic heterocycles. The molecular formula is C28H41NOSi. The molecule has 168 valence electrons. The number of benzene rings is 2. The van der Waals surface area contributed by atoms with Crippen molar-refractivity contribution in [3.8, 4) is 17.2 Å². The number of rotatable bonds is 6. The van der Waals surface area contributed by atoms with Crippen molar-refractivity contribution < 1.29 is 4.74 Å². The minimum absolute atomic E-state index is 0.657. The third-order valence-electron chi connectivity index (χ3n) is 7.42. The standard InChI is InChI=1S/C28H41NOSi/c1-21(2)31(22(3)4,23(5)6)17-14-24-8-9-27-19-28(11-10-26(27)18-24)30-20-25-12-15-29(7)16-13-25/h8-11,18-19,21-23,25H,12-13,15-16,20H2,1-7H3. The molecule has 0 aromatic heterocycles. The summed E-state index contributed by atoms with van der Waals surface area (Å²) in [6.45, 7) is 17.4. The molecule has 0 amide bonds. The van der Waals surface area contributed by atoms with Gasteiger partial charge in [0.2, 0.25) is 0 Å². The number of likely N-dealkylation sites (tertiary alicyclic amines) is 1. The van der Waals surface area contributed by atoms with E-state index in [4.69, 9.17) is 4.74 Å². The van der Waals surface area contributed by atoms with Crippen LogP contribution in [0.2, 0.25) is 16.6 Å². The Morgan fingerprint density at radius 1 is 0.903 bits per heavy atom. The maximum atomic E-state index is 6.15. The van der Waals surface area contributed by atoms with E-state index >= 15 is 0 Å². The summed E-state index contributed by atoms with van der Waals surface area (Å²) in [5.41, 5.74) is 6.95. The Labute approximate surface area is 191 Å². The van der Waals surface area contributed by atoms with Gasteiger partial charge in [0.25, 0.3) is 0 Å². The number of fused-ring (bicyclic) bond motifs is 1. The van der Waals surface area contributed by atoms with Crippen molar-refractivity contribution in [3.63, 3.8) is 0 Å². The molecule has 0 aliphatic carbocycles. The molecule has 1 fully saturated rings. The molecule has 31 heavy (non-hydrogen) atoms. The second-order valence-corrected chi connectivity index (χ2v) is 16.0. The summed E-state index contributed by atoms with van der Waals surface area (Å²) in [4.78, 5) is 2.41. The Morgan fingerprint density at radius 3 is 2.10 bits per heavy atom. The second kappa shape index (κ2) is 10.2. The molecule has 3 heteroatoms. The van der Waals surface area contributed by atoms with Gasteiger partial charge in [-0.25, -0.2) is 0 Å². The molecule has 1 aliphatic rings. The van der Waals surface area contributed by atoms with Crippen molar-refractivity contribution in [2.45, 2.75) is 71.0 Å². The van der Waals surface area contributed by atoms with E-state index in [-0.39, 0.29) is 0 Å². The van der Waals surface area contributed by atoms with Crippen molar-refractivity contribution in [2.24, 2.45) is 5.92 Å². The first-order valence-electron chi connectivity index (χ1n) is 12.1. The monoisotopic (exact) mass is 435 g/mol. The number of nitrogens with zero attached hydrogens (tertiary/aromatic N) is 1. The number of piperidine rings is 1. The van der Waals surface area contributed by atoms with E-state index in [1.54, 1.807) is 0 Å². The van der Waals surface area contributed by atoms with Crippen LogP contribution in [0.15, 0.2) is 36.4 Å². The lowest BCUT2D eigenvalue weighted by Crippen LogP contribution is -2.43. The molecule has 1 heterocycles. The third kappa shape index (κ3) is 5.54. The van der Waals surface area contributed by atoms with E-state index < -0.39 is 8.07 Å². The largest absolute Gasteiger partial charge is 0.493 e. The van der Waals surface area contributed by atoms with Gasteiger partial charge in [-0.2, -0.15) is 0 Å². The number of ether oxygens (including phenoxy) is 1. The number of hydrogen-bond donors (Lipinski definition) is 0.